The van der Waals surface area contributed by atoms with E-state index in [1.54, 1.807) is 24.3 Å². The van der Waals surface area contributed by atoms with E-state index in [0.717, 1.165) is 0 Å². The van der Waals surface area contributed by atoms with Gasteiger partial charge in [-0.3, -0.25) is 4.79 Å². The first-order chi connectivity index (χ1) is 9.87. The highest BCUT2D eigenvalue weighted by Gasteiger charge is 2.25. The number of unbranched alkanes of at least 4 members (excludes halogenated alkanes) is 1. The first-order valence-corrected chi connectivity index (χ1v) is 6.68. The van der Waals surface area contributed by atoms with Gasteiger partial charge in [0.05, 0.1) is 13.0 Å². The van der Waals surface area contributed by atoms with Crippen molar-refractivity contribution in [2.24, 2.45) is 0 Å². The lowest BCUT2D eigenvalue weighted by Crippen LogP contribution is -2.26. The number of ether oxygens (including phenoxy) is 1. The molecule has 1 aromatic rings. The molecule has 118 valence electrons. The average Bonchev–Trinajstić information content (AvgIpc) is 2.39. The Bertz CT molecular complexity index is 433. The number of nitrogens with one attached hydrogen (secondary N) is 1. The maximum atomic E-state index is 11.9. The second-order valence-electron chi connectivity index (χ2n) is 4.59. The van der Waals surface area contributed by atoms with Crippen molar-refractivity contribution in [1.82, 2.24) is 5.32 Å². The van der Waals surface area contributed by atoms with E-state index >= 15 is 0 Å². The zero-order valence-electron chi connectivity index (χ0n) is 11.6. The number of hydrogen-bond donors (Lipinski definition) is 2. The highest BCUT2D eigenvalue weighted by atomic mass is 19.4. The molecule has 0 radical (unpaired) electrons. The Hall–Kier alpha value is -1.92. The molecule has 3 N–H and O–H groups in total. The van der Waals surface area contributed by atoms with Crippen molar-refractivity contribution < 1.29 is 22.7 Å². The van der Waals surface area contributed by atoms with E-state index in [1.807, 2.05) is 0 Å². The lowest BCUT2D eigenvalue weighted by Gasteiger charge is -2.08. The molecular formula is C14H19F3N2O2. The molecule has 0 aromatic heterocycles. The summed E-state index contributed by atoms with van der Waals surface area (Å²) in [5.74, 6) is 0.375. The van der Waals surface area contributed by atoms with E-state index in [0.29, 0.717) is 17.9 Å². The third-order valence-electron chi connectivity index (χ3n) is 2.69. The van der Waals surface area contributed by atoms with E-state index < -0.39 is 12.6 Å². The van der Waals surface area contributed by atoms with Gasteiger partial charge in [-0.1, -0.05) is 0 Å². The average molecular weight is 304 g/mol. The van der Waals surface area contributed by atoms with E-state index in [9.17, 15) is 18.0 Å². The van der Waals surface area contributed by atoms with Crippen molar-refractivity contribution in [2.45, 2.75) is 31.9 Å². The van der Waals surface area contributed by atoms with Gasteiger partial charge in [-0.2, -0.15) is 13.2 Å². The van der Waals surface area contributed by atoms with Crippen LogP contribution in [0.3, 0.4) is 0 Å². The molecule has 0 saturated heterocycles. The Morgan fingerprint density at radius 1 is 1.19 bits per heavy atom. The fourth-order valence-electron chi connectivity index (χ4n) is 1.59. The molecule has 0 bridgehead atoms. The summed E-state index contributed by atoms with van der Waals surface area (Å²) in [5, 5.41) is 2.56. The topological polar surface area (TPSA) is 64.3 Å². The molecule has 0 saturated carbocycles. The van der Waals surface area contributed by atoms with Crippen LogP contribution >= 0.6 is 0 Å². The van der Waals surface area contributed by atoms with Gasteiger partial charge in [-0.15, -0.1) is 0 Å². The molecule has 21 heavy (non-hydrogen) atoms. The second-order valence-corrected chi connectivity index (χ2v) is 4.59. The molecular weight excluding hydrogens is 285 g/mol. The first kappa shape index (κ1) is 17.1. The number of anilines is 1. The second kappa shape index (κ2) is 8.39. The minimum Gasteiger partial charge on any atom is -0.493 e. The van der Waals surface area contributed by atoms with Crippen molar-refractivity contribution in [1.29, 1.82) is 0 Å². The Morgan fingerprint density at radius 2 is 1.86 bits per heavy atom. The number of nitrogens with two attached hydrogens (primary N) is 1. The fraction of sp³-hybridized carbons (Fsp3) is 0.500. The molecule has 0 atom stereocenters. The van der Waals surface area contributed by atoms with Crippen molar-refractivity contribution >= 4 is 11.6 Å². The quantitative estimate of drug-likeness (QED) is 0.573. The maximum Gasteiger partial charge on any atom is 0.389 e. The van der Waals surface area contributed by atoms with E-state index in [4.69, 9.17) is 10.5 Å². The zero-order valence-corrected chi connectivity index (χ0v) is 11.6. The minimum atomic E-state index is -4.13. The summed E-state index contributed by atoms with van der Waals surface area (Å²) >= 11 is 0. The highest BCUT2D eigenvalue weighted by molar-refractivity contribution is 5.75. The summed E-state index contributed by atoms with van der Waals surface area (Å²) in [6.45, 7) is 0.453. The molecule has 0 aliphatic carbocycles. The normalized spacial score (nSPS) is 11.2. The van der Waals surface area contributed by atoms with Gasteiger partial charge in [-0.25, -0.2) is 0 Å². The molecule has 7 heteroatoms. The number of hydrogen-bond acceptors (Lipinski definition) is 3. The Balaban J connectivity index is 2.05. The zero-order chi connectivity index (χ0) is 15.7. The molecule has 0 unspecified atom stereocenters. The summed E-state index contributed by atoms with van der Waals surface area (Å²) in [6, 6.07) is 6.78. The van der Waals surface area contributed by atoms with Crippen LogP contribution in [0, 0.1) is 0 Å². The highest BCUT2D eigenvalue weighted by Crippen LogP contribution is 2.21. The van der Waals surface area contributed by atoms with Gasteiger partial charge >= 0.3 is 6.18 Å². The Morgan fingerprint density at radius 3 is 2.48 bits per heavy atom. The van der Waals surface area contributed by atoms with Crippen LogP contribution in [-0.2, 0) is 4.79 Å². The molecule has 0 aliphatic rings. The van der Waals surface area contributed by atoms with Gasteiger partial charge in [0.15, 0.2) is 0 Å². The van der Waals surface area contributed by atoms with Crippen molar-refractivity contribution in [3.63, 3.8) is 0 Å². The van der Waals surface area contributed by atoms with Crippen LogP contribution in [0.1, 0.15) is 25.7 Å². The summed E-state index contributed by atoms with van der Waals surface area (Å²) in [6.07, 6.45) is -4.46. The number of halogens is 3. The first-order valence-electron chi connectivity index (χ1n) is 6.68. The van der Waals surface area contributed by atoms with Gasteiger partial charge < -0.3 is 15.8 Å². The van der Waals surface area contributed by atoms with Gasteiger partial charge in [-0.05, 0) is 37.1 Å². The van der Waals surface area contributed by atoms with Crippen molar-refractivity contribution in [3.8, 4) is 5.75 Å². The standard InChI is InChI=1S/C14H19F3N2O2/c15-14(16,17)8-1-2-9-19-13(20)7-10-21-12-5-3-11(18)4-6-12/h3-6H,1-2,7-10,18H2,(H,19,20). The third-order valence-corrected chi connectivity index (χ3v) is 2.69. The lowest BCUT2D eigenvalue weighted by atomic mass is 10.2. The summed E-state index contributed by atoms with van der Waals surface area (Å²) < 4.78 is 41.0. The Kier molecular flexibility index (Phi) is 6.84. The molecule has 0 heterocycles. The van der Waals surface area contributed by atoms with E-state index in [-0.39, 0.29) is 31.9 Å². The Labute approximate surface area is 121 Å². The number of rotatable bonds is 8. The van der Waals surface area contributed by atoms with Gasteiger partial charge in [0.25, 0.3) is 0 Å². The van der Waals surface area contributed by atoms with Gasteiger partial charge in [0, 0.05) is 18.7 Å². The smallest absolute Gasteiger partial charge is 0.389 e. The van der Waals surface area contributed by atoms with Crippen LogP contribution in [0.5, 0.6) is 5.75 Å². The van der Waals surface area contributed by atoms with E-state index in [1.165, 1.54) is 0 Å². The van der Waals surface area contributed by atoms with Gasteiger partial charge in [0.1, 0.15) is 5.75 Å². The van der Waals surface area contributed by atoms with E-state index in [2.05, 4.69) is 5.32 Å². The number of carbonyl (C=O) groups excluding carboxylic acids is 1. The van der Waals surface area contributed by atoms with Crippen molar-refractivity contribution in [3.05, 3.63) is 24.3 Å². The fourth-order valence-corrected chi connectivity index (χ4v) is 1.59. The van der Waals surface area contributed by atoms with Crippen LogP contribution in [0.25, 0.3) is 0 Å². The largest absolute Gasteiger partial charge is 0.493 e. The third kappa shape index (κ3) is 8.78. The van der Waals surface area contributed by atoms with Crippen LogP contribution < -0.4 is 15.8 Å². The number of alkyl halides is 3. The minimum absolute atomic E-state index is 0.0196. The molecule has 0 fully saturated rings. The van der Waals surface area contributed by atoms with Crippen LogP contribution in [0.4, 0.5) is 18.9 Å². The van der Waals surface area contributed by atoms with Crippen LogP contribution in [0.2, 0.25) is 0 Å². The van der Waals surface area contributed by atoms with Crippen LogP contribution in [0.15, 0.2) is 24.3 Å². The molecule has 0 aliphatic heterocycles. The summed E-state index contributed by atoms with van der Waals surface area (Å²) in [4.78, 5) is 11.4. The molecule has 0 spiro atoms. The number of benzene rings is 1. The number of carbonyl (C=O) groups is 1. The summed E-state index contributed by atoms with van der Waals surface area (Å²) in [5.41, 5.74) is 6.14. The molecule has 1 rings (SSSR count). The number of amides is 1. The lowest BCUT2D eigenvalue weighted by molar-refractivity contribution is -0.135. The molecule has 4 nitrogen and oxygen atoms in total. The SMILES string of the molecule is Nc1ccc(OCCC(=O)NCCCCC(F)(F)F)cc1. The van der Waals surface area contributed by atoms with Gasteiger partial charge in [0.2, 0.25) is 5.91 Å². The molecule has 1 aromatic carbocycles. The maximum absolute atomic E-state index is 11.9. The molecule has 1 amide bonds. The summed E-state index contributed by atoms with van der Waals surface area (Å²) in [7, 11) is 0. The predicted molar refractivity (Wildman–Crippen MR) is 73.9 cm³/mol. The monoisotopic (exact) mass is 304 g/mol. The van der Waals surface area contributed by atoms with Crippen molar-refractivity contribution in [2.75, 3.05) is 18.9 Å². The van der Waals surface area contributed by atoms with Crippen LogP contribution in [-0.4, -0.2) is 25.2 Å². The number of nitrogen functional groups attached to an aromatic ring is 1. The predicted octanol–water partition coefficient (Wildman–Crippen LogP) is 2.89.